The van der Waals surface area contributed by atoms with Crippen LogP contribution >= 0.6 is 0 Å². The number of nitrogens with zero attached hydrogens (tertiary/aromatic N) is 3. The minimum atomic E-state index is -3.88. The second-order valence-electron chi connectivity index (χ2n) is 6.42. The van der Waals surface area contributed by atoms with E-state index < -0.39 is 20.9 Å². The zero-order valence-electron chi connectivity index (χ0n) is 16.7. The number of methoxy groups -OCH3 is 2. The second kappa shape index (κ2) is 8.16. The van der Waals surface area contributed by atoms with Gasteiger partial charge in [0.2, 0.25) is 10.0 Å². The monoisotopic (exact) mass is 446 g/mol. The van der Waals surface area contributed by atoms with Crippen LogP contribution in [0.15, 0.2) is 52.0 Å². The van der Waals surface area contributed by atoms with Gasteiger partial charge in [0.25, 0.3) is 11.6 Å². The first-order chi connectivity index (χ1) is 14.6. The molecule has 162 valence electrons. The van der Waals surface area contributed by atoms with E-state index in [-0.39, 0.29) is 33.2 Å². The number of hydrazone groups is 1. The third-order valence-electron chi connectivity index (χ3n) is 4.50. The maximum atomic E-state index is 12.9. The molecular weight excluding hydrogens is 428 g/mol. The number of nitrogens with two attached hydrogens (primary N) is 1. The number of nitro benzene ring substituents is 1. The standard InChI is InChI=1S/C19H18N4O7S/c1-11-15(8-12-9-17(29-2)18(30-3)10-16(12)23(25)26)19(24)22(21-11)13-4-6-14(7-5-13)31(20,27)28/h4-10H,1-3H3,(H2,20,27,28)/b15-8+. The summed E-state index contributed by atoms with van der Waals surface area (Å²) in [6, 6.07) is 7.88. The lowest BCUT2D eigenvalue weighted by Crippen LogP contribution is -2.21. The van der Waals surface area contributed by atoms with Crippen molar-refractivity contribution < 1.29 is 27.6 Å². The number of hydrogen-bond acceptors (Lipinski definition) is 8. The van der Waals surface area contributed by atoms with Crippen molar-refractivity contribution in [1.29, 1.82) is 0 Å². The van der Waals surface area contributed by atoms with E-state index in [0.29, 0.717) is 11.4 Å². The molecule has 0 saturated heterocycles. The quantitative estimate of drug-likeness (QED) is 0.404. The van der Waals surface area contributed by atoms with Crippen molar-refractivity contribution in [3.05, 3.63) is 57.6 Å². The minimum absolute atomic E-state index is 0.111. The molecule has 31 heavy (non-hydrogen) atoms. The zero-order chi connectivity index (χ0) is 22.9. The Kier molecular flexibility index (Phi) is 5.77. The predicted molar refractivity (Wildman–Crippen MR) is 113 cm³/mol. The molecule has 0 radical (unpaired) electrons. The van der Waals surface area contributed by atoms with E-state index in [1.165, 1.54) is 56.7 Å². The van der Waals surface area contributed by atoms with Crippen LogP contribution < -0.4 is 19.6 Å². The van der Waals surface area contributed by atoms with Gasteiger partial charge < -0.3 is 9.47 Å². The van der Waals surface area contributed by atoms with Crippen LogP contribution in [0.5, 0.6) is 11.5 Å². The number of sulfonamides is 1. The van der Waals surface area contributed by atoms with Crippen LogP contribution in [0.1, 0.15) is 12.5 Å². The van der Waals surface area contributed by atoms with Crippen LogP contribution in [0.2, 0.25) is 0 Å². The fourth-order valence-corrected chi connectivity index (χ4v) is 3.46. The lowest BCUT2D eigenvalue weighted by molar-refractivity contribution is -0.385. The van der Waals surface area contributed by atoms with Crippen molar-refractivity contribution in [2.24, 2.45) is 10.2 Å². The number of amides is 1. The van der Waals surface area contributed by atoms with Gasteiger partial charge in [-0.05, 0) is 43.3 Å². The summed E-state index contributed by atoms with van der Waals surface area (Å²) >= 11 is 0. The Morgan fingerprint density at radius 1 is 1.13 bits per heavy atom. The third kappa shape index (κ3) is 4.25. The van der Waals surface area contributed by atoms with Crippen molar-refractivity contribution in [2.45, 2.75) is 11.8 Å². The van der Waals surface area contributed by atoms with Crippen LogP contribution in [0.25, 0.3) is 6.08 Å². The molecule has 3 rings (SSSR count). The molecule has 0 spiro atoms. The molecule has 0 saturated carbocycles. The smallest absolute Gasteiger partial charge is 0.280 e. The highest BCUT2D eigenvalue weighted by molar-refractivity contribution is 7.89. The van der Waals surface area contributed by atoms with E-state index in [1.807, 2.05) is 0 Å². The maximum absolute atomic E-state index is 12.9. The summed E-state index contributed by atoms with van der Waals surface area (Å²) in [6.07, 6.45) is 1.35. The zero-order valence-corrected chi connectivity index (χ0v) is 17.5. The van der Waals surface area contributed by atoms with Gasteiger partial charge in [0, 0.05) is 0 Å². The normalized spacial score (nSPS) is 15.2. The molecule has 0 aliphatic carbocycles. The van der Waals surface area contributed by atoms with E-state index in [9.17, 15) is 23.3 Å². The van der Waals surface area contributed by atoms with Gasteiger partial charge in [0.05, 0.1) is 52.6 Å². The highest BCUT2D eigenvalue weighted by Crippen LogP contribution is 2.36. The van der Waals surface area contributed by atoms with E-state index in [4.69, 9.17) is 14.6 Å². The molecular formula is C19H18N4O7S. The lowest BCUT2D eigenvalue weighted by atomic mass is 10.0. The Hall–Kier alpha value is -3.77. The first-order valence-electron chi connectivity index (χ1n) is 8.72. The molecule has 0 fully saturated rings. The van der Waals surface area contributed by atoms with Crippen molar-refractivity contribution in [3.63, 3.8) is 0 Å². The topological polar surface area (TPSA) is 154 Å². The number of primary sulfonamides is 1. The predicted octanol–water partition coefficient (Wildman–Crippen LogP) is 2.07. The Labute approximate surface area is 177 Å². The van der Waals surface area contributed by atoms with Gasteiger partial charge in [-0.2, -0.15) is 10.1 Å². The van der Waals surface area contributed by atoms with Gasteiger partial charge in [-0.25, -0.2) is 13.6 Å². The highest BCUT2D eigenvalue weighted by atomic mass is 32.2. The maximum Gasteiger partial charge on any atom is 0.280 e. The Bertz CT molecular complexity index is 1230. The molecule has 1 heterocycles. The van der Waals surface area contributed by atoms with E-state index >= 15 is 0 Å². The molecule has 0 aromatic heterocycles. The first-order valence-corrected chi connectivity index (χ1v) is 10.3. The SMILES string of the molecule is COc1cc(/C=C2/C(=O)N(c3ccc(S(N)(=O)=O)cc3)N=C2C)c([N+](=O)[O-])cc1OC. The molecule has 0 unspecified atom stereocenters. The van der Waals surface area contributed by atoms with E-state index in [0.717, 1.165) is 5.01 Å². The summed E-state index contributed by atoms with van der Waals surface area (Å²) in [6.45, 7) is 1.58. The van der Waals surface area contributed by atoms with E-state index in [2.05, 4.69) is 5.10 Å². The fraction of sp³-hybridized carbons (Fsp3) is 0.158. The first kappa shape index (κ1) is 21.9. The van der Waals surface area contributed by atoms with Gasteiger partial charge >= 0.3 is 0 Å². The summed E-state index contributed by atoms with van der Waals surface area (Å²) in [7, 11) is -1.13. The number of nitro groups is 1. The van der Waals surface area contributed by atoms with Crippen LogP contribution in [-0.4, -0.2) is 39.2 Å². The molecule has 0 atom stereocenters. The number of carbonyl (C=O) groups is 1. The van der Waals surface area contributed by atoms with Crippen LogP contribution in [0.4, 0.5) is 11.4 Å². The number of rotatable bonds is 6. The lowest BCUT2D eigenvalue weighted by Gasteiger charge is -2.12. The molecule has 11 nitrogen and oxygen atoms in total. The number of hydrogen-bond donors (Lipinski definition) is 1. The average molecular weight is 446 g/mol. The largest absolute Gasteiger partial charge is 0.493 e. The fourth-order valence-electron chi connectivity index (χ4n) is 2.95. The average Bonchev–Trinajstić information content (AvgIpc) is 3.00. The van der Waals surface area contributed by atoms with Gasteiger partial charge in [-0.15, -0.1) is 0 Å². The van der Waals surface area contributed by atoms with Gasteiger partial charge in [0.1, 0.15) is 0 Å². The summed E-state index contributed by atoms with van der Waals surface area (Å²) in [5.41, 5.74) is 0.617. The summed E-state index contributed by atoms with van der Waals surface area (Å²) in [5.74, 6) is -0.101. The summed E-state index contributed by atoms with van der Waals surface area (Å²) < 4.78 is 33.1. The molecule has 2 aromatic rings. The van der Waals surface area contributed by atoms with Crippen molar-refractivity contribution in [2.75, 3.05) is 19.2 Å². The molecule has 2 N–H and O–H groups in total. The highest BCUT2D eigenvalue weighted by Gasteiger charge is 2.30. The number of anilines is 1. The Morgan fingerprint density at radius 3 is 2.23 bits per heavy atom. The van der Waals surface area contributed by atoms with Gasteiger partial charge in [-0.1, -0.05) is 0 Å². The van der Waals surface area contributed by atoms with Crippen LogP contribution in [0.3, 0.4) is 0 Å². The second-order valence-corrected chi connectivity index (χ2v) is 7.98. The molecule has 2 aromatic carbocycles. The summed E-state index contributed by atoms with van der Waals surface area (Å²) in [4.78, 5) is 23.8. The van der Waals surface area contributed by atoms with Gasteiger partial charge in [0.15, 0.2) is 11.5 Å². The molecule has 0 bridgehead atoms. The molecule has 1 aliphatic rings. The van der Waals surface area contributed by atoms with Crippen molar-refractivity contribution in [1.82, 2.24) is 0 Å². The van der Waals surface area contributed by atoms with Gasteiger partial charge in [-0.3, -0.25) is 14.9 Å². The van der Waals surface area contributed by atoms with Crippen LogP contribution in [-0.2, 0) is 14.8 Å². The Balaban J connectivity index is 2.03. The third-order valence-corrected chi connectivity index (χ3v) is 5.43. The molecule has 1 amide bonds. The molecule has 12 heteroatoms. The van der Waals surface area contributed by atoms with Crippen LogP contribution in [0, 0.1) is 10.1 Å². The Morgan fingerprint density at radius 2 is 1.71 bits per heavy atom. The number of carbonyl (C=O) groups excluding carboxylic acids is 1. The number of benzene rings is 2. The van der Waals surface area contributed by atoms with E-state index in [1.54, 1.807) is 6.92 Å². The molecule has 1 aliphatic heterocycles. The van der Waals surface area contributed by atoms with Crippen molar-refractivity contribution >= 4 is 39.1 Å². The minimum Gasteiger partial charge on any atom is -0.493 e. The number of ether oxygens (including phenoxy) is 2. The summed E-state index contributed by atoms with van der Waals surface area (Å²) in [5, 5.41) is 21.9. The van der Waals surface area contributed by atoms with Crippen molar-refractivity contribution in [3.8, 4) is 11.5 Å².